The van der Waals surface area contributed by atoms with Gasteiger partial charge in [-0.3, -0.25) is 4.98 Å². The van der Waals surface area contributed by atoms with Crippen molar-refractivity contribution in [1.29, 1.82) is 5.26 Å². The Bertz CT molecular complexity index is 575. The summed E-state index contributed by atoms with van der Waals surface area (Å²) in [5, 5.41) is 9.90. The average molecular weight is 324 g/mol. The molecule has 1 heterocycles. The maximum absolute atomic E-state index is 9.00. The van der Waals surface area contributed by atoms with Gasteiger partial charge in [-0.05, 0) is 47.7 Å². The smallest absolute Gasteiger partial charge is 0.148 e. The lowest BCUT2D eigenvalue weighted by molar-refractivity contribution is 0.343. The normalized spacial score (nSPS) is 10.1. The second-order valence-electron chi connectivity index (χ2n) is 3.21. The molecular weight excluding hydrogens is 315 g/mol. The van der Waals surface area contributed by atoms with E-state index in [9.17, 15) is 0 Å². The molecule has 0 aliphatic carbocycles. The first-order valence-corrected chi connectivity index (χ1v) is 5.95. The highest BCUT2D eigenvalue weighted by Crippen LogP contribution is 2.29. The summed E-state index contributed by atoms with van der Waals surface area (Å²) in [7, 11) is 0. The van der Waals surface area contributed by atoms with E-state index in [0.29, 0.717) is 17.9 Å². The van der Waals surface area contributed by atoms with Crippen molar-refractivity contribution in [1.82, 2.24) is 4.98 Å². The van der Waals surface area contributed by atoms with Crippen LogP contribution in [0, 0.1) is 14.9 Å². The molecule has 1 aromatic carbocycles. The van der Waals surface area contributed by atoms with Crippen LogP contribution in [0.2, 0.25) is 0 Å². The Kier molecular flexibility index (Phi) is 3.25. The van der Waals surface area contributed by atoms with E-state index in [0.717, 1.165) is 14.5 Å². The fourth-order valence-corrected chi connectivity index (χ4v) is 2.01. The lowest BCUT2D eigenvalue weighted by Crippen LogP contribution is -1.97. The minimum Gasteiger partial charge on any atom is -0.492 e. The van der Waals surface area contributed by atoms with E-state index in [4.69, 9.17) is 10.00 Å². The second-order valence-corrected chi connectivity index (χ2v) is 4.45. The molecule has 0 fully saturated rings. The molecule has 2 aromatic rings. The van der Waals surface area contributed by atoms with Gasteiger partial charge in [0, 0.05) is 15.2 Å². The number of nitriles is 1. The van der Waals surface area contributed by atoms with E-state index in [2.05, 4.69) is 33.6 Å². The Morgan fingerprint density at radius 1 is 1.50 bits per heavy atom. The van der Waals surface area contributed by atoms with Crippen LogP contribution < -0.4 is 4.74 Å². The molecule has 0 radical (unpaired) electrons. The molecule has 80 valence electrons. The van der Waals surface area contributed by atoms with Crippen molar-refractivity contribution in [3.05, 3.63) is 33.5 Å². The summed E-state index contributed by atoms with van der Waals surface area (Å²) >= 11 is 2.23. The fourth-order valence-electron chi connectivity index (χ4n) is 1.52. The third-order valence-electron chi connectivity index (χ3n) is 2.19. The van der Waals surface area contributed by atoms with Crippen LogP contribution in [0.1, 0.15) is 12.5 Å². The van der Waals surface area contributed by atoms with Crippen LogP contribution in [0.5, 0.6) is 5.75 Å². The van der Waals surface area contributed by atoms with E-state index in [1.165, 1.54) is 0 Å². The minimum absolute atomic E-state index is 0.483. The molecule has 0 saturated carbocycles. The molecule has 0 atom stereocenters. The summed E-state index contributed by atoms with van der Waals surface area (Å²) in [6.45, 7) is 2.45. The van der Waals surface area contributed by atoms with Gasteiger partial charge in [0.25, 0.3) is 0 Å². The number of halogens is 1. The Morgan fingerprint density at radius 3 is 3.00 bits per heavy atom. The van der Waals surface area contributed by atoms with Gasteiger partial charge in [-0.1, -0.05) is 0 Å². The van der Waals surface area contributed by atoms with E-state index >= 15 is 0 Å². The number of fused-ring (bicyclic) bond motifs is 1. The van der Waals surface area contributed by atoms with E-state index in [1.807, 2.05) is 25.1 Å². The summed E-state index contributed by atoms with van der Waals surface area (Å²) < 4.78 is 6.63. The van der Waals surface area contributed by atoms with Gasteiger partial charge < -0.3 is 4.74 Å². The van der Waals surface area contributed by atoms with Crippen LogP contribution in [0.25, 0.3) is 10.9 Å². The van der Waals surface area contributed by atoms with Crippen molar-refractivity contribution in [3.63, 3.8) is 0 Å². The third kappa shape index (κ3) is 1.95. The van der Waals surface area contributed by atoms with Gasteiger partial charge in [0.2, 0.25) is 0 Å². The molecule has 0 aliphatic rings. The summed E-state index contributed by atoms with van der Waals surface area (Å²) in [4.78, 5) is 4.23. The molecule has 0 bridgehead atoms. The van der Waals surface area contributed by atoms with Gasteiger partial charge in [0.05, 0.1) is 12.1 Å². The lowest BCUT2D eigenvalue weighted by atomic mass is 10.1. The SMILES string of the molecule is CCOc1c(C#N)cnc2ccc(I)cc12. The first-order valence-electron chi connectivity index (χ1n) is 4.87. The van der Waals surface area contributed by atoms with Crippen molar-refractivity contribution >= 4 is 33.5 Å². The number of aromatic nitrogens is 1. The largest absolute Gasteiger partial charge is 0.492 e. The first-order chi connectivity index (χ1) is 7.76. The number of nitrogens with zero attached hydrogens (tertiary/aromatic N) is 2. The topological polar surface area (TPSA) is 45.9 Å². The van der Waals surface area contributed by atoms with Crippen LogP contribution in [-0.2, 0) is 0 Å². The van der Waals surface area contributed by atoms with Crippen LogP contribution in [-0.4, -0.2) is 11.6 Å². The van der Waals surface area contributed by atoms with Gasteiger partial charge in [-0.15, -0.1) is 0 Å². The predicted octanol–water partition coefficient (Wildman–Crippen LogP) is 3.11. The molecular formula is C12H9IN2O. The summed E-state index contributed by atoms with van der Waals surface area (Å²) in [6.07, 6.45) is 1.56. The highest BCUT2D eigenvalue weighted by Gasteiger charge is 2.09. The zero-order chi connectivity index (χ0) is 11.5. The summed E-state index contributed by atoms with van der Waals surface area (Å²) in [6, 6.07) is 8.00. The monoisotopic (exact) mass is 324 g/mol. The van der Waals surface area contributed by atoms with Crippen LogP contribution in [0.4, 0.5) is 0 Å². The number of rotatable bonds is 2. The number of benzene rings is 1. The van der Waals surface area contributed by atoms with Crippen molar-refractivity contribution in [2.45, 2.75) is 6.92 Å². The average Bonchev–Trinajstić information content (AvgIpc) is 2.30. The maximum Gasteiger partial charge on any atom is 0.148 e. The number of hydrogen-bond acceptors (Lipinski definition) is 3. The Balaban J connectivity index is 2.77. The summed E-state index contributed by atoms with van der Waals surface area (Å²) in [5.41, 5.74) is 1.33. The van der Waals surface area contributed by atoms with Crippen LogP contribution in [0.15, 0.2) is 24.4 Å². The quantitative estimate of drug-likeness (QED) is 0.798. The molecule has 0 spiro atoms. The summed E-state index contributed by atoms with van der Waals surface area (Å²) in [5.74, 6) is 0.633. The van der Waals surface area contributed by atoms with Gasteiger partial charge in [0.15, 0.2) is 0 Å². The zero-order valence-electron chi connectivity index (χ0n) is 8.70. The predicted molar refractivity (Wildman–Crippen MR) is 70.3 cm³/mol. The maximum atomic E-state index is 9.00. The van der Waals surface area contributed by atoms with Gasteiger partial charge in [0.1, 0.15) is 17.4 Å². The van der Waals surface area contributed by atoms with Gasteiger partial charge >= 0.3 is 0 Å². The fraction of sp³-hybridized carbons (Fsp3) is 0.167. The molecule has 0 unspecified atom stereocenters. The molecule has 0 amide bonds. The molecule has 0 saturated heterocycles. The molecule has 0 N–H and O–H groups in total. The van der Waals surface area contributed by atoms with Crippen molar-refractivity contribution in [2.75, 3.05) is 6.61 Å². The second kappa shape index (κ2) is 4.66. The highest BCUT2D eigenvalue weighted by atomic mass is 127. The van der Waals surface area contributed by atoms with Gasteiger partial charge in [-0.25, -0.2) is 0 Å². The number of pyridine rings is 1. The number of ether oxygens (including phenoxy) is 1. The minimum atomic E-state index is 0.483. The molecule has 4 heteroatoms. The Labute approximate surface area is 107 Å². The van der Waals surface area contributed by atoms with E-state index < -0.39 is 0 Å². The first kappa shape index (κ1) is 11.1. The third-order valence-corrected chi connectivity index (χ3v) is 2.86. The van der Waals surface area contributed by atoms with Gasteiger partial charge in [-0.2, -0.15) is 5.26 Å². The standard InChI is InChI=1S/C12H9IN2O/c1-2-16-12-8(6-14)7-15-11-4-3-9(13)5-10(11)12/h3-5,7H,2H2,1H3. The molecule has 2 rings (SSSR count). The van der Waals surface area contributed by atoms with Crippen molar-refractivity contribution in [2.24, 2.45) is 0 Å². The molecule has 3 nitrogen and oxygen atoms in total. The van der Waals surface area contributed by atoms with Crippen molar-refractivity contribution < 1.29 is 4.74 Å². The van der Waals surface area contributed by atoms with E-state index in [1.54, 1.807) is 6.20 Å². The van der Waals surface area contributed by atoms with Crippen LogP contribution >= 0.6 is 22.6 Å². The Morgan fingerprint density at radius 2 is 2.31 bits per heavy atom. The van der Waals surface area contributed by atoms with E-state index in [-0.39, 0.29) is 0 Å². The van der Waals surface area contributed by atoms with Crippen LogP contribution in [0.3, 0.4) is 0 Å². The Hall–Kier alpha value is -1.35. The van der Waals surface area contributed by atoms with Crippen molar-refractivity contribution in [3.8, 4) is 11.8 Å². The highest BCUT2D eigenvalue weighted by molar-refractivity contribution is 14.1. The zero-order valence-corrected chi connectivity index (χ0v) is 10.9. The lowest BCUT2D eigenvalue weighted by Gasteiger charge is -2.08. The number of hydrogen-bond donors (Lipinski definition) is 0. The molecule has 0 aliphatic heterocycles. The molecule has 16 heavy (non-hydrogen) atoms. The molecule has 1 aromatic heterocycles.